The lowest BCUT2D eigenvalue weighted by atomic mass is 10.1. The van der Waals surface area contributed by atoms with Gasteiger partial charge in [-0.1, -0.05) is 29.8 Å². The first-order valence-corrected chi connectivity index (χ1v) is 6.67. The normalized spacial score (nSPS) is 14.5. The Morgan fingerprint density at radius 1 is 1.39 bits per heavy atom. The van der Waals surface area contributed by atoms with Crippen molar-refractivity contribution < 1.29 is 5.11 Å². The first kappa shape index (κ1) is 15.2. The average Bonchev–Trinajstić information content (AvgIpc) is 2.36. The number of halogens is 1. The van der Waals surface area contributed by atoms with Crippen LogP contribution in [0, 0.1) is 0 Å². The SMILES string of the molecule is C=CCCC(O)CN(C)C(C)c1ccc(Cl)cc1. The second-order valence-corrected chi connectivity index (χ2v) is 5.12. The smallest absolute Gasteiger partial charge is 0.0670 e. The van der Waals surface area contributed by atoms with E-state index >= 15 is 0 Å². The van der Waals surface area contributed by atoms with Gasteiger partial charge in [-0.25, -0.2) is 0 Å². The van der Waals surface area contributed by atoms with Gasteiger partial charge in [0.15, 0.2) is 0 Å². The van der Waals surface area contributed by atoms with Crippen LogP contribution in [0.3, 0.4) is 0 Å². The maximum absolute atomic E-state index is 9.88. The molecule has 1 aromatic rings. The van der Waals surface area contributed by atoms with Gasteiger partial charge in [0.2, 0.25) is 0 Å². The number of nitrogens with zero attached hydrogens (tertiary/aromatic N) is 1. The molecule has 1 rings (SSSR count). The third-order valence-electron chi connectivity index (χ3n) is 3.22. The lowest BCUT2D eigenvalue weighted by Gasteiger charge is -2.27. The zero-order valence-corrected chi connectivity index (χ0v) is 11.9. The number of aliphatic hydroxyl groups excluding tert-OH is 1. The highest BCUT2D eigenvalue weighted by Crippen LogP contribution is 2.21. The van der Waals surface area contributed by atoms with Crippen LogP contribution >= 0.6 is 11.6 Å². The first-order valence-electron chi connectivity index (χ1n) is 6.29. The van der Waals surface area contributed by atoms with Gasteiger partial charge in [0, 0.05) is 17.6 Å². The molecule has 0 spiro atoms. The third kappa shape index (κ3) is 4.81. The van der Waals surface area contributed by atoms with E-state index in [-0.39, 0.29) is 12.1 Å². The van der Waals surface area contributed by atoms with Crippen LogP contribution in [0.1, 0.15) is 31.4 Å². The summed E-state index contributed by atoms with van der Waals surface area (Å²) in [5, 5.41) is 10.6. The van der Waals surface area contributed by atoms with E-state index in [9.17, 15) is 5.11 Å². The molecule has 0 aliphatic heterocycles. The second kappa shape index (κ2) is 7.57. The predicted octanol–water partition coefficient (Wildman–Crippen LogP) is 3.66. The molecule has 2 nitrogen and oxygen atoms in total. The maximum atomic E-state index is 9.88. The molecule has 0 amide bonds. The van der Waals surface area contributed by atoms with Crippen molar-refractivity contribution >= 4 is 11.6 Å². The molecule has 18 heavy (non-hydrogen) atoms. The van der Waals surface area contributed by atoms with Crippen LogP contribution in [0.25, 0.3) is 0 Å². The van der Waals surface area contributed by atoms with Gasteiger partial charge in [0.1, 0.15) is 0 Å². The molecule has 1 aromatic carbocycles. The summed E-state index contributed by atoms with van der Waals surface area (Å²) in [6.07, 6.45) is 3.15. The molecule has 0 heterocycles. The molecule has 0 aliphatic carbocycles. The van der Waals surface area contributed by atoms with Crippen LogP contribution in [0.5, 0.6) is 0 Å². The van der Waals surface area contributed by atoms with Crippen molar-refractivity contribution in [3.63, 3.8) is 0 Å². The highest BCUT2D eigenvalue weighted by atomic mass is 35.5. The molecule has 0 aromatic heterocycles. The van der Waals surface area contributed by atoms with Gasteiger partial charge in [0.25, 0.3) is 0 Å². The summed E-state index contributed by atoms with van der Waals surface area (Å²) >= 11 is 5.87. The summed E-state index contributed by atoms with van der Waals surface area (Å²) in [6, 6.07) is 8.12. The van der Waals surface area contributed by atoms with Crippen molar-refractivity contribution in [3.8, 4) is 0 Å². The van der Waals surface area contributed by atoms with E-state index < -0.39 is 0 Å². The lowest BCUT2D eigenvalue weighted by Crippen LogP contribution is -2.31. The molecule has 0 saturated heterocycles. The summed E-state index contributed by atoms with van der Waals surface area (Å²) in [7, 11) is 2.02. The van der Waals surface area contributed by atoms with Crippen molar-refractivity contribution in [2.75, 3.05) is 13.6 Å². The van der Waals surface area contributed by atoms with Gasteiger partial charge < -0.3 is 5.11 Å². The van der Waals surface area contributed by atoms with E-state index in [1.165, 1.54) is 5.56 Å². The fourth-order valence-electron chi connectivity index (χ4n) is 1.89. The van der Waals surface area contributed by atoms with Gasteiger partial charge >= 0.3 is 0 Å². The maximum Gasteiger partial charge on any atom is 0.0670 e. The number of benzene rings is 1. The van der Waals surface area contributed by atoms with E-state index in [2.05, 4.69) is 18.4 Å². The predicted molar refractivity (Wildman–Crippen MR) is 77.9 cm³/mol. The van der Waals surface area contributed by atoms with Crippen LogP contribution in [-0.4, -0.2) is 29.7 Å². The minimum absolute atomic E-state index is 0.264. The molecule has 0 fully saturated rings. The van der Waals surface area contributed by atoms with E-state index in [1.54, 1.807) is 0 Å². The topological polar surface area (TPSA) is 23.5 Å². The van der Waals surface area contributed by atoms with Crippen molar-refractivity contribution in [3.05, 3.63) is 47.5 Å². The molecule has 3 heteroatoms. The highest BCUT2D eigenvalue weighted by molar-refractivity contribution is 6.30. The zero-order chi connectivity index (χ0) is 13.5. The molecule has 1 N–H and O–H groups in total. The standard InChI is InChI=1S/C15H22ClNO/c1-4-5-6-15(18)11-17(3)12(2)13-7-9-14(16)10-8-13/h4,7-10,12,15,18H,1,5-6,11H2,2-3H3. The van der Waals surface area contributed by atoms with Gasteiger partial charge in [-0.15, -0.1) is 6.58 Å². The molecule has 2 unspecified atom stereocenters. The number of hydrogen-bond acceptors (Lipinski definition) is 2. The van der Waals surface area contributed by atoms with E-state index in [1.807, 2.05) is 37.4 Å². The Bertz CT molecular complexity index is 363. The number of hydrogen-bond donors (Lipinski definition) is 1. The molecule has 0 bridgehead atoms. The summed E-state index contributed by atoms with van der Waals surface area (Å²) in [4.78, 5) is 2.15. The number of rotatable bonds is 7. The van der Waals surface area contributed by atoms with Crippen LogP contribution in [0.4, 0.5) is 0 Å². The lowest BCUT2D eigenvalue weighted by molar-refractivity contribution is 0.102. The quantitative estimate of drug-likeness (QED) is 0.762. The number of likely N-dealkylation sites (N-methyl/N-ethyl adjacent to an activating group) is 1. The van der Waals surface area contributed by atoms with Crippen molar-refractivity contribution in [1.29, 1.82) is 0 Å². The highest BCUT2D eigenvalue weighted by Gasteiger charge is 2.14. The van der Waals surface area contributed by atoms with Crippen LogP contribution in [-0.2, 0) is 0 Å². The van der Waals surface area contributed by atoms with Crippen LogP contribution in [0.15, 0.2) is 36.9 Å². The molecule has 0 saturated carbocycles. The fourth-order valence-corrected chi connectivity index (χ4v) is 2.01. The van der Waals surface area contributed by atoms with Crippen LogP contribution in [0.2, 0.25) is 5.02 Å². The van der Waals surface area contributed by atoms with Crippen molar-refractivity contribution in [1.82, 2.24) is 4.90 Å². The van der Waals surface area contributed by atoms with Gasteiger partial charge in [-0.3, -0.25) is 4.90 Å². The van der Waals surface area contributed by atoms with Gasteiger partial charge in [-0.2, -0.15) is 0 Å². The van der Waals surface area contributed by atoms with E-state index in [0.29, 0.717) is 6.54 Å². The molecular weight excluding hydrogens is 246 g/mol. The van der Waals surface area contributed by atoms with Gasteiger partial charge in [0.05, 0.1) is 6.10 Å². The monoisotopic (exact) mass is 267 g/mol. The third-order valence-corrected chi connectivity index (χ3v) is 3.47. The zero-order valence-electron chi connectivity index (χ0n) is 11.1. The summed E-state index contributed by atoms with van der Waals surface area (Å²) in [5.74, 6) is 0. The van der Waals surface area contributed by atoms with Gasteiger partial charge in [-0.05, 0) is 44.5 Å². The van der Waals surface area contributed by atoms with E-state index in [4.69, 9.17) is 11.6 Å². The molecule has 2 atom stereocenters. The minimum Gasteiger partial charge on any atom is -0.392 e. The Hall–Kier alpha value is -0.830. The Labute approximate surface area is 115 Å². The van der Waals surface area contributed by atoms with Crippen molar-refractivity contribution in [2.45, 2.75) is 31.9 Å². The largest absolute Gasteiger partial charge is 0.392 e. The summed E-state index contributed by atoms with van der Waals surface area (Å²) < 4.78 is 0. The first-order chi connectivity index (χ1) is 8.54. The Morgan fingerprint density at radius 2 is 2.00 bits per heavy atom. The fraction of sp³-hybridized carbons (Fsp3) is 0.467. The van der Waals surface area contributed by atoms with E-state index in [0.717, 1.165) is 17.9 Å². The molecule has 100 valence electrons. The minimum atomic E-state index is -0.303. The average molecular weight is 268 g/mol. The Kier molecular flexibility index (Phi) is 6.41. The van der Waals surface area contributed by atoms with Crippen LogP contribution < -0.4 is 0 Å². The molecule has 0 radical (unpaired) electrons. The summed E-state index contributed by atoms with van der Waals surface area (Å²) in [5.41, 5.74) is 1.21. The second-order valence-electron chi connectivity index (χ2n) is 4.69. The summed E-state index contributed by atoms with van der Waals surface area (Å²) in [6.45, 7) is 6.46. The Balaban J connectivity index is 2.52. The molecular formula is C15H22ClNO. The number of aliphatic hydroxyl groups is 1. The van der Waals surface area contributed by atoms with Crippen molar-refractivity contribution in [2.24, 2.45) is 0 Å². The Morgan fingerprint density at radius 3 is 2.56 bits per heavy atom. The number of allylic oxidation sites excluding steroid dienone is 1. The molecule has 0 aliphatic rings.